The Morgan fingerprint density at radius 1 is 1.40 bits per heavy atom. The van der Waals surface area contributed by atoms with Crippen LogP contribution < -0.4 is 10.5 Å². The van der Waals surface area contributed by atoms with Gasteiger partial charge >= 0.3 is 0 Å². The van der Waals surface area contributed by atoms with E-state index in [0.29, 0.717) is 17.9 Å². The van der Waals surface area contributed by atoms with Crippen LogP contribution in [-0.2, 0) is 6.54 Å². The Hall–Kier alpha value is -2.32. The lowest BCUT2D eigenvalue weighted by Gasteiger charge is -2.08. The molecule has 0 aliphatic heterocycles. The number of ether oxygens (including phenoxy) is 1. The van der Waals surface area contributed by atoms with Crippen molar-refractivity contribution in [3.8, 4) is 17.6 Å². The summed E-state index contributed by atoms with van der Waals surface area (Å²) in [5, 5.41) is 0. The van der Waals surface area contributed by atoms with E-state index in [1.54, 1.807) is 18.6 Å². The molecule has 0 spiro atoms. The SMILES string of the molecule is NCC#Cc1ccc(F)cc1OCCCn1ccnc1. The maximum atomic E-state index is 13.2. The fraction of sp³-hybridized carbons (Fsp3) is 0.267. The van der Waals surface area contributed by atoms with Crippen LogP contribution in [0.1, 0.15) is 12.0 Å². The third-order valence-corrected chi connectivity index (χ3v) is 2.65. The van der Waals surface area contributed by atoms with Gasteiger partial charge in [-0.05, 0) is 18.6 Å². The molecule has 0 fully saturated rings. The van der Waals surface area contributed by atoms with Crippen molar-refractivity contribution in [2.45, 2.75) is 13.0 Å². The zero-order valence-electron chi connectivity index (χ0n) is 11.1. The van der Waals surface area contributed by atoms with E-state index in [1.165, 1.54) is 12.1 Å². The minimum Gasteiger partial charge on any atom is -0.492 e. The number of aromatic nitrogens is 2. The molecule has 104 valence electrons. The van der Waals surface area contributed by atoms with Crippen LogP contribution in [0.25, 0.3) is 0 Å². The Kier molecular flexibility index (Phi) is 5.15. The molecule has 0 aliphatic carbocycles. The van der Waals surface area contributed by atoms with E-state index in [0.717, 1.165) is 13.0 Å². The van der Waals surface area contributed by atoms with Gasteiger partial charge in [0.2, 0.25) is 0 Å². The fourth-order valence-electron chi connectivity index (χ4n) is 1.71. The number of nitrogens with two attached hydrogens (primary N) is 1. The molecule has 0 aliphatic rings. The van der Waals surface area contributed by atoms with Gasteiger partial charge < -0.3 is 15.0 Å². The molecule has 0 bridgehead atoms. The van der Waals surface area contributed by atoms with Gasteiger partial charge in [-0.15, -0.1) is 0 Å². The lowest BCUT2D eigenvalue weighted by molar-refractivity contribution is 0.299. The average molecular weight is 273 g/mol. The predicted octanol–water partition coefficient (Wildman–Crippen LogP) is 1.80. The quantitative estimate of drug-likeness (QED) is 0.667. The number of rotatable bonds is 5. The van der Waals surface area contributed by atoms with E-state index in [-0.39, 0.29) is 12.4 Å². The van der Waals surface area contributed by atoms with E-state index in [1.807, 2.05) is 10.8 Å². The highest BCUT2D eigenvalue weighted by Gasteiger charge is 2.03. The molecule has 0 radical (unpaired) electrons. The molecule has 1 aromatic heterocycles. The number of imidazole rings is 1. The molecular weight excluding hydrogens is 257 g/mol. The van der Waals surface area contributed by atoms with Crippen molar-refractivity contribution in [1.82, 2.24) is 9.55 Å². The molecule has 0 unspecified atom stereocenters. The monoisotopic (exact) mass is 273 g/mol. The van der Waals surface area contributed by atoms with Gasteiger partial charge in [0.05, 0.1) is 25.0 Å². The first kappa shape index (κ1) is 14.1. The minimum absolute atomic E-state index is 0.261. The van der Waals surface area contributed by atoms with Crippen molar-refractivity contribution in [3.63, 3.8) is 0 Å². The van der Waals surface area contributed by atoms with Crippen LogP contribution in [0, 0.1) is 17.7 Å². The Morgan fingerprint density at radius 3 is 3.05 bits per heavy atom. The highest BCUT2D eigenvalue weighted by atomic mass is 19.1. The lowest BCUT2D eigenvalue weighted by Crippen LogP contribution is -2.04. The molecular formula is C15H16FN3O. The summed E-state index contributed by atoms with van der Waals surface area (Å²) < 4.78 is 20.8. The topological polar surface area (TPSA) is 53.1 Å². The standard InChI is InChI=1S/C15H16FN3O/c16-14-5-4-13(3-1-6-17)15(11-14)20-10-2-8-19-9-7-18-12-19/h4-5,7,9,11-12H,2,6,8,10,17H2. The third kappa shape index (κ3) is 4.11. The Morgan fingerprint density at radius 2 is 2.30 bits per heavy atom. The number of hydrogen-bond donors (Lipinski definition) is 1. The summed E-state index contributed by atoms with van der Waals surface area (Å²) in [6.07, 6.45) is 6.17. The first-order chi connectivity index (χ1) is 9.79. The molecule has 0 saturated heterocycles. The van der Waals surface area contributed by atoms with E-state index in [4.69, 9.17) is 10.5 Å². The molecule has 2 N–H and O–H groups in total. The Balaban J connectivity index is 1.92. The average Bonchev–Trinajstić information content (AvgIpc) is 2.96. The summed E-state index contributed by atoms with van der Waals surface area (Å²) in [4.78, 5) is 3.96. The summed E-state index contributed by atoms with van der Waals surface area (Å²) >= 11 is 0. The molecule has 5 heteroatoms. The van der Waals surface area contributed by atoms with Crippen LogP contribution >= 0.6 is 0 Å². The molecule has 0 saturated carbocycles. The molecule has 0 amide bonds. The van der Waals surface area contributed by atoms with Gasteiger partial charge in [0.15, 0.2) is 0 Å². The second kappa shape index (κ2) is 7.31. The van der Waals surface area contributed by atoms with Gasteiger partial charge in [-0.25, -0.2) is 9.37 Å². The normalized spacial score (nSPS) is 9.90. The minimum atomic E-state index is -0.340. The number of hydrogen-bond acceptors (Lipinski definition) is 3. The number of halogens is 1. The van der Waals surface area contributed by atoms with Gasteiger partial charge in [0, 0.05) is 25.0 Å². The number of nitrogens with zero attached hydrogens (tertiary/aromatic N) is 2. The van der Waals surface area contributed by atoms with Gasteiger partial charge in [-0.3, -0.25) is 0 Å². The van der Waals surface area contributed by atoms with Gasteiger partial charge in [0.25, 0.3) is 0 Å². The maximum absolute atomic E-state index is 13.2. The van der Waals surface area contributed by atoms with Crippen LogP contribution in [-0.4, -0.2) is 22.7 Å². The highest BCUT2D eigenvalue weighted by molar-refractivity contribution is 5.46. The molecule has 2 aromatic rings. The summed E-state index contributed by atoms with van der Waals surface area (Å²) in [7, 11) is 0. The highest BCUT2D eigenvalue weighted by Crippen LogP contribution is 2.19. The van der Waals surface area contributed by atoms with Crippen molar-refractivity contribution in [2.24, 2.45) is 5.73 Å². The zero-order chi connectivity index (χ0) is 14.2. The predicted molar refractivity (Wildman–Crippen MR) is 74.7 cm³/mol. The van der Waals surface area contributed by atoms with Crippen LogP contribution in [0.5, 0.6) is 5.75 Å². The number of benzene rings is 1. The summed E-state index contributed by atoms with van der Waals surface area (Å²) in [5.74, 6) is 5.73. The molecule has 4 nitrogen and oxygen atoms in total. The van der Waals surface area contributed by atoms with E-state index in [9.17, 15) is 4.39 Å². The van der Waals surface area contributed by atoms with Crippen LogP contribution in [0.15, 0.2) is 36.9 Å². The van der Waals surface area contributed by atoms with Crippen LogP contribution in [0.3, 0.4) is 0 Å². The van der Waals surface area contributed by atoms with Crippen molar-refractivity contribution < 1.29 is 9.13 Å². The summed E-state index contributed by atoms with van der Waals surface area (Å²) in [6.45, 7) is 1.55. The maximum Gasteiger partial charge on any atom is 0.137 e. The molecule has 1 heterocycles. The summed E-state index contributed by atoms with van der Waals surface area (Å²) in [6, 6.07) is 4.31. The molecule has 0 atom stereocenters. The Bertz CT molecular complexity index is 599. The lowest BCUT2D eigenvalue weighted by atomic mass is 10.2. The Labute approximate surface area is 117 Å². The first-order valence-electron chi connectivity index (χ1n) is 6.36. The molecule has 2 rings (SSSR count). The van der Waals surface area contributed by atoms with Gasteiger partial charge in [-0.2, -0.15) is 0 Å². The smallest absolute Gasteiger partial charge is 0.137 e. The second-order valence-electron chi connectivity index (χ2n) is 4.15. The van der Waals surface area contributed by atoms with E-state index >= 15 is 0 Å². The largest absolute Gasteiger partial charge is 0.492 e. The fourth-order valence-corrected chi connectivity index (χ4v) is 1.71. The van der Waals surface area contributed by atoms with Crippen molar-refractivity contribution in [3.05, 3.63) is 48.3 Å². The van der Waals surface area contributed by atoms with E-state index < -0.39 is 0 Å². The van der Waals surface area contributed by atoms with Crippen LogP contribution in [0.2, 0.25) is 0 Å². The second-order valence-corrected chi connectivity index (χ2v) is 4.15. The number of aryl methyl sites for hydroxylation is 1. The first-order valence-corrected chi connectivity index (χ1v) is 6.36. The molecule has 20 heavy (non-hydrogen) atoms. The summed E-state index contributed by atoms with van der Waals surface area (Å²) in [5.41, 5.74) is 5.99. The molecule has 1 aromatic carbocycles. The van der Waals surface area contributed by atoms with Gasteiger partial charge in [0.1, 0.15) is 11.6 Å². The third-order valence-electron chi connectivity index (χ3n) is 2.65. The van der Waals surface area contributed by atoms with Gasteiger partial charge in [-0.1, -0.05) is 11.8 Å². The zero-order valence-corrected chi connectivity index (χ0v) is 11.1. The van der Waals surface area contributed by atoms with E-state index in [2.05, 4.69) is 16.8 Å². The van der Waals surface area contributed by atoms with Crippen LogP contribution in [0.4, 0.5) is 4.39 Å². The van der Waals surface area contributed by atoms with Crippen molar-refractivity contribution >= 4 is 0 Å². The van der Waals surface area contributed by atoms with Crippen molar-refractivity contribution in [2.75, 3.05) is 13.2 Å². The van der Waals surface area contributed by atoms with Crippen molar-refractivity contribution in [1.29, 1.82) is 0 Å².